The molecule has 1 unspecified atom stereocenters. The highest BCUT2D eigenvalue weighted by Gasteiger charge is 2.42. The van der Waals surface area contributed by atoms with Crippen molar-refractivity contribution in [3.8, 4) is 0 Å². The Labute approximate surface area is 188 Å². The van der Waals surface area contributed by atoms with Gasteiger partial charge in [-0.15, -0.1) is 24.0 Å². The molecule has 0 aromatic heterocycles. The van der Waals surface area contributed by atoms with Gasteiger partial charge in [-0.2, -0.15) is 0 Å². The van der Waals surface area contributed by atoms with E-state index < -0.39 is 0 Å². The molecular weight excluding hydrogens is 469 g/mol. The standard InChI is InChI=1S/C20H39N5O2.HI/c1-5-21-19(22-14-17(2)15-25-10-12-27-13-11-25)23-16-20(8-6-7-9-20)18(26)24(3)4;/h17H,5-16H2,1-4H3,(H2,21,22,23);1H. The molecular formula is C20H40IN5O2. The van der Waals surface area contributed by atoms with Crippen molar-refractivity contribution >= 4 is 35.8 Å². The second-order valence-corrected chi connectivity index (χ2v) is 8.28. The molecule has 1 saturated carbocycles. The quantitative estimate of drug-likeness (QED) is 0.297. The van der Waals surface area contributed by atoms with Crippen LogP contribution in [0.4, 0.5) is 0 Å². The molecule has 164 valence electrons. The highest BCUT2D eigenvalue weighted by atomic mass is 127. The Balaban J connectivity index is 0.00000392. The van der Waals surface area contributed by atoms with E-state index in [1.807, 2.05) is 14.1 Å². The van der Waals surface area contributed by atoms with Gasteiger partial charge >= 0.3 is 0 Å². The number of ether oxygens (including phenoxy) is 1. The monoisotopic (exact) mass is 509 g/mol. The molecule has 0 aromatic rings. The highest BCUT2D eigenvalue weighted by molar-refractivity contribution is 14.0. The van der Waals surface area contributed by atoms with E-state index in [1.54, 1.807) is 4.90 Å². The molecule has 0 bridgehead atoms. The van der Waals surface area contributed by atoms with E-state index in [4.69, 9.17) is 9.73 Å². The summed E-state index contributed by atoms with van der Waals surface area (Å²) in [6.45, 7) is 11.4. The lowest BCUT2D eigenvalue weighted by molar-refractivity contribution is -0.138. The van der Waals surface area contributed by atoms with Gasteiger partial charge in [0.05, 0.1) is 25.2 Å². The fraction of sp³-hybridized carbons (Fsp3) is 0.900. The summed E-state index contributed by atoms with van der Waals surface area (Å²) in [6, 6.07) is 0. The van der Waals surface area contributed by atoms with Crippen LogP contribution in [0.15, 0.2) is 4.99 Å². The molecule has 8 heteroatoms. The summed E-state index contributed by atoms with van der Waals surface area (Å²) in [4.78, 5) is 21.7. The molecule has 0 radical (unpaired) electrons. The van der Waals surface area contributed by atoms with Crippen molar-refractivity contribution in [2.75, 3.05) is 66.6 Å². The summed E-state index contributed by atoms with van der Waals surface area (Å²) in [7, 11) is 3.70. The van der Waals surface area contributed by atoms with Gasteiger partial charge in [-0.1, -0.05) is 19.8 Å². The Bertz CT molecular complexity index is 489. The number of guanidine groups is 1. The molecule has 0 spiro atoms. The summed E-state index contributed by atoms with van der Waals surface area (Å²) in [5.41, 5.74) is -0.314. The number of rotatable bonds is 8. The second-order valence-electron chi connectivity index (χ2n) is 8.28. The largest absolute Gasteiger partial charge is 0.379 e. The first-order valence-electron chi connectivity index (χ1n) is 10.5. The molecule has 1 amide bonds. The summed E-state index contributed by atoms with van der Waals surface area (Å²) >= 11 is 0. The number of hydrogen-bond acceptors (Lipinski definition) is 4. The van der Waals surface area contributed by atoms with Gasteiger partial charge < -0.3 is 20.3 Å². The van der Waals surface area contributed by atoms with E-state index in [2.05, 4.69) is 29.4 Å². The molecule has 2 rings (SSSR count). The van der Waals surface area contributed by atoms with Gasteiger partial charge in [0.15, 0.2) is 5.96 Å². The smallest absolute Gasteiger partial charge is 0.230 e. The Hall–Kier alpha value is -0.610. The first kappa shape index (κ1) is 25.4. The van der Waals surface area contributed by atoms with Crippen molar-refractivity contribution in [3.05, 3.63) is 0 Å². The number of nitrogens with zero attached hydrogens (tertiary/aromatic N) is 3. The summed E-state index contributed by atoms with van der Waals surface area (Å²) < 4.78 is 5.42. The molecule has 1 aliphatic carbocycles. The molecule has 28 heavy (non-hydrogen) atoms. The van der Waals surface area contributed by atoms with E-state index in [0.29, 0.717) is 12.5 Å². The lowest BCUT2D eigenvalue weighted by Crippen LogP contribution is -2.45. The Morgan fingerprint density at radius 2 is 1.86 bits per heavy atom. The minimum Gasteiger partial charge on any atom is -0.379 e. The minimum absolute atomic E-state index is 0. The molecule has 2 aliphatic rings. The van der Waals surface area contributed by atoms with Crippen LogP contribution in [0.25, 0.3) is 0 Å². The number of morpholine rings is 1. The van der Waals surface area contributed by atoms with Gasteiger partial charge in [-0.3, -0.25) is 14.7 Å². The number of hydrogen-bond donors (Lipinski definition) is 2. The molecule has 1 saturated heterocycles. The second kappa shape index (κ2) is 12.8. The lowest BCUT2D eigenvalue weighted by atomic mass is 9.85. The maximum Gasteiger partial charge on any atom is 0.230 e. The van der Waals surface area contributed by atoms with Gasteiger partial charge in [0.1, 0.15) is 0 Å². The Morgan fingerprint density at radius 3 is 2.43 bits per heavy atom. The Kier molecular flexibility index (Phi) is 11.7. The van der Waals surface area contributed by atoms with Crippen molar-refractivity contribution in [2.24, 2.45) is 16.3 Å². The molecule has 2 fully saturated rings. The topological polar surface area (TPSA) is 69.2 Å². The van der Waals surface area contributed by atoms with Crippen molar-refractivity contribution in [2.45, 2.75) is 39.5 Å². The van der Waals surface area contributed by atoms with Crippen molar-refractivity contribution in [1.29, 1.82) is 0 Å². The van der Waals surface area contributed by atoms with Crippen molar-refractivity contribution in [3.63, 3.8) is 0 Å². The van der Waals surface area contributed by atoms with Gasteiger partial charge in [-0.25, -0.2) is 0 Å². The van der Waals surface area contributed by atoms with Crippen LogP contribution in [-0.4, -0.2) is 88.2 Å². The SMILES string of the molecule is CCNC(=NCC1(C(=O)N(C)C)CCCC1)NCC(C)CN1CCOCC1.I. The number of carbonyl (C=O) groups excluding carboxylic acids is 1. The molecule has 2 N–H and O–H groups in total. The third kappa shape index (κ3) is 7.67. The Morgan fingerprint density at radius 1 is 1.21 bits per heavy atom. The van der Waals surface area contributed by atoms with Crippen LogP contribution in [0.2, 0.25) is 0 Å². The number of carbonyl (C=O) groups is 1. The minimum atomic E-state index is -0.314. The summed E-state index contributed by atoms with van der Waals surface area (Å²) in [5, 5.41) is 6.81. The van der Waals surface area contributed by atoms with E-state index in [9.17, 15) is 4.79 Å². The maximum atomic E-state index is 12.7. The number of aliphatic imine (C=N–C) groups is 1. The molecule has 1 aliphatic heterocycles. The van der Waals surface area contributed by atoms with E-state index in [-0.39, 0.29) is 35.3 Å². The zero-order chi connectivity index (χ0) is 19.7. The first-order chi connectivity index (χ1) is 13.0. The normalized spacial score (nSPS) is 20.9. The lowest BCUT2D eigenvalue weighted by Gasteiger charge is -2.30. The number of halogens is 1. The van der Waals surface area contributed by atoms with Crippen LogP contribution in [0.3, 0.4) is 0 Å². The predicted molar refractivity (Wildman–Crippen MR) is 125 cm³/mol. The molecule has 1 heterocycles. The van der Waals surface area contributed by atoms with Gasteiger partial charge in [0.2, 0.25) is 5.91 Å². The van der Waals surface area contributed by atoms with Gasteiger partial charge in [0.25, 0.3) is 0 Å². The van der Waals surface area contributed by atoms with Crippen LogP contribution in [0.5, 0.6) is 0 Å². The fourth-order valence-electron chi connectivity index (χ4n) is 4.10. The van der Waals surface area contributed by atoms with E-state index in [1.165, 1.54) is 0 Å². The summed E-state index contributed by atoms with van der Waals surface area (Å²) in [5.74, 6) is 1.57. The first-order valence-corrected chi connectivity index (χ1v) is 10.5. The van der Waals surface area contributed by atoms with E-state index in [0.717, 1.165) is 77.6 Å². The van der Waals surface area contributed by atoms with Crippen LogP contribution in [0.1, 0.15) is 39.5 Å². The fourth-order valence-corrected chi connectivity index (χ4v) is 4.10. The number of nitrogens with one attached hydrogen (secondary N) is 2. The number of amides is 1. The van der Waals surface area contributed by atoms with E-state index >= 15 is 0 Å². The third-order valence-electron chi connectivity index (χ3n) is 5.60. The van der Waals surface area contributed by atoms with Gasteiger partial charge in [0, 0.05) is 46.8 Å². The highest BCUT2D eigenvalue weighted by Crippen LogP contribution is 2.39. The van der Waals surface area contributed by atoms with Crippen molar-refractivity contribution < 1.29 is 9.53 Å². The average molecular weight is 509 g/mol. The zero-order valence-corrected chi connectivity index (χ0v) is 20.5. The molecule has 7 nitrogen and oxygen atoms in total. The van der Waals surface area contributed by atoms with Crippen molar-refractivity contribution in [1.82, 2.24) is 20.4 Å². The zero-order valence-electron chi connectivity index (χ0n) is 18.1. The summed E-state index contributed by atoms with van der Waals surface area (Å²) in [6.07, 6.45) is 4.13. The predicted octanol–water partition coefficient (Wildman–Crippen LogP) is 1.78. The molecule has 0 aromatic carbocycles. The van der Waals surface area contributed by atoms with Gasteiger partial charge in [-0.05, 0) is 25.7 Å². The van der Waals surface area contributed by atoms with Crippen LogP contribution < -0.4 is 10.6 Å². The third-order valence-corrected chi connectivity index (χ3v) is 5.60. The van der Waals surface area contributed by atoms with Crippen LogP contribution >= 0.6 is 24.0 Å². The van der Waals surface area contributed by atoms with Crippen LogP contribution in [-0.2, 0) is 9.53 Å². The average Bonchev–Trinajstić information content (AvgIpc) is 3.14. The maximum absolute atomic E-state index is 12.7. The molecule has 1 atom stereocenters. The van der Waals surface area contributed by atoms with Crippen LogP contribution in [0, 0.1) is 11.3 Å².